The Morgan fingerprint density at radius 1 is 1.14 bits per heavy atom. The summed E-state index contributed by atoms with van der Waals surface area (Å²) in [6, 6.07) is 7.71. The van der Waals surface area contributed by atoms with Crippen LogP contribution < -0.4 is 10.6 Å². The minimum absolute atomic E-state index is 0.0194. The minimum Gasteiger partial charge on any atom is -0.357 e. The maximum Gasteiger partial charge on any atom is 0.242 e. The molecule has 0 saturated carbocycles. The van der Waals surface area contributed by atoms with Gasteiger partial charge in [0.25, 0.3) is 0 Å². The third-order valence-electron chi connectivity index (χ3n) is 4.85. The van der Waals surface area contributed by atoms with Gasteiger partial charge < -0.3 is 20.4 Å². The highest BCUT2D eigenvalue weighted by molar-refractivity contribution is 5.92. The van der Waals surface area contributed by atoms with Crippen LogP contribution in [0.15, 0.2) is 29.3 Å². The van der Waals surface area contributed by atoms with Crippen LogP contribution in [0.2, 0.25) is 0 Å². The van der Waals surface area contributed by atoms with Crippen LogP contribution in [0.3, 0.4) is 0 Å². The summed E-state index contributed by atoms with van der Waals surface area (Å²) in [5, 5.41) is 6.19. The molecule has 0 radical (unpaired) electrons. The zero-order valence-corrected chi connectivity index (χ0v) is 18.8. The number of carbonyl (C=O) groups is 2. The second-order valence-electron chi connectivity index (χ2n) is 7.09. The molecule has 162 valence electrons. The standard InChI is InChI=1S/C22H37N5O2/c1-7-17(5)21(29)25-19-13-11-12-18(14-19)15-24-22(23-8-2)26(6)16-20(28)27(9-3)10-4/h11-14,17H,7-10,15-16H2,1-6H3,(H,23,24)(H,25,29). The molecule has 2 amide bonds. The van der Waals surface area contributed by atoms with Gasteiger partial charge in [0, 0.05) is 38.3 Å². The minimum atomic E-state index is -0.0194. The Balaban J connectivity index is 2.83. The third-order valence-corrected chi connectivity index (χ3v) is 4.85. The summed E-state index contributed by atoms with van der Waals surface area (Å²) in [6.07, 6.45) is 0.806. The van der Waals surface area contributed by atoms with Gasteiger partial charge in [-0.1, -0.05) is 26.0 Å². The SMILES string of the molecule is CCNC(=NCc1cccc(NC(=O)C(C)CC)c1)N(C)CC(=O)N(CC)CC. The van der Waals surface area contributed by atoms with Crippen molar-refractivity contribution in [3.8, 4) is 0 Å². The number of amides is 2. The number of anilines is 1. The van der Waals surface area contributed by atoms with Crippen molar-refractivity contribution < 1.29 is 9.59 Å². The monoisotopic (exact) mass is 403 g/mol. The highest BCUT2D eigenvalue weighted by Gasteiger charge is 2.15. The van der Waals surface area contributed by atoms with Crippen LogP contribution in [-0.4, -0.2) is 60.8 Å². The summed E-state index contributed by atoms with van der Waals surface area (Å²) in [5.41, 5.74) is 1.77. The molecule has 0 spiro atoms. The molecule has 0 aliphatic rings. The van der Waals surface area contributed by atoms with Crippen LogP contribution in [0.4, 0.5) is 5.69 Å². The lowest BCUT2D eigenvalue weighted by Crippen LogP contribution is -2.45. The molecule has 1 unspecified atom stereocenters. The lowest BCUT2D eigenvalue weighted by molar-refractivity contribution is -0.131. The summed E-state index contributed by atoms with van der Waals surface area (Å²) in [4.78, 5) is 32.8. The van der Waals surface area contributed by atoms with E-state index in [1.54, 1.807) is 0 Å². The number of hydrogen-bond acceptors (Lipinski definition) is 3. The molecule has 0 aliphatic heterocycles. The van der Waals surface area contributed by atoms with Gasteiger partial charge in [-0.25, -0.2) is 4.99 Å². The van der Waals surface area contributed by atoms with Gasteiger partial charge in [-0.05, 0) is 44.9 Å². The van der Waals surface area contributed by atoms with Crippen molar-refractivity contribution in [2.24, 2.45) is 10.9 Å². The van der Waals surface area contributed by atoms with Gasteiger partial charge in [-0.2, -0.15) is 0 Å². The molecular weight excluding hydrogens is 366 g/mol. The number of aliphatic imine (C=N–C) groups is 1. The predicted molar refractivity (Wildman–Crippen MR) is 120 cm³/mol. The maximum atomic E-state index is 12.4. The van der Waals surface area contributed by atoms with E-state index in [1.165, 1.54) is 0 Å². The molecule has 0 fully saturated rings. The quantitative estimate of drug-likeness (QED) is 0.465. The summed E-state index contributed by atoms with van der Waals surface area (Å²) < 4.78 is 0. The zero-order valence-electron chi connectivity index (χ0n) is 18.8. The van der Waals surface area contributed by atoms with E-state index < -0.39 is 0 Å². The second kappa shape index (κ2) is 12.8. The Kier molecular flexibility index (Phi) is 10.8. The van der Waals surface area contributed by atoms with Gasteiger partial charge in [0.1, 0.15) is 0 Å². The van der Waals surface area contributed by atoms with E-state index in [9.17, 15) is 9.59 Å². The van der Waals surface area contributed by atoms with Gasteiger partial charge in [0.15, 0.2) is 5.96 Å². The fourth-order valence-corrected chi connectivity index (χ4v) is 2.79. The molecule has 1 atom stereocenters. The van der Waals surface area contributed by atoms with E-state index in [0.717, 1.165) is 17.7 Å². The van der Waals surface area contributed by atoms with Gasteiger partial charge in [-0.15, -0.1) is 0 Å². The van der Waals surface area contributed by atoms with Crippen LogP contribution in [0.1, 0.15) is 46.6 Å². The van der Waals surface area contributed by atoms with E-state index in [4.69, 9.17) is 0 Å². The van der Waals surface area contributed by atoms with E-state index in [1.807, 2.05) is 75.7 Å². The van der Waals surface area contributed by atoms with Crippen LogP contribution in [0, 0.1) is 5.92 Å². The highest BCUT2D eigenvalue weighted by Crippen LogP contribution is 2.14. The van der Waals surface area contributed by atoms with Crippen molar-refractivity contribution in [3.63, 3.8) is 0 Å². The zero-order chi connectivity index (χ0) is 21.8. The normalized spacial score (nSPS) is 12.3. The Hall–Kier alpha value is -2.57. The van der Waals surface area contributed by atoms with Crippen LogP contribution >= 0.6 is 0 Å². The van der Waals surface area contributed by atoms with Crippen LogP contribution in [0.5, 0.6) is 0 Å². The third kappa shape index (κ3) is 8.13. The summed E-state index contributed by atoms with van der Waals surface area (Å²) in [7, 11) is 1.87. The first-order valence-electron chi connectivity index (χ1n) is 10.5. The number of benzene rings is 1. The Morgan fingerprint density at radius 3 is 2.41 bits per heavy atom. The average molecular weight is 404 g/mol. The second-order valence-corrected chi connectivity index (χ2v) is 7.09. The fraction of sp³-hybridized carbons (Fsp3) is 0.591. The molecule has 0 saturated heterocycles. The number of hydrogen-bond donors (Lipinski definition) is 2. The largest absolute Gasteiger partial charge is 0.357 e. The molecule has 7 heteroatoms. The first-order valence-corrected chi connectivity index (χ1v) is 10.5. The molecule has 0 aromatic heterocycles. The van der Waals surface area contributed by atoms with Crippen molar-refractivity contribution in [2.45, 2.75) is 47.6 Å². The van der Waals surface area contributed by atoms with E-state index in [2.05, 4.69) is 15.6 Å². The Bertz CT molecular complexity index is 686. The van der Waals surface area contributed by atoms with Crippen molar-refractivity contribution in [1.82, 2.24) is 15.1 Å². The molecule has 0 bridgehead atoms. The summed E-state index contributed by atoms with van der Waals surface area (Å²) in [5.74, 6) is 0.769. The lowest BCUT2D eigenvalue weighted by atomic mass is 10.1. The van der Waals surface area contributed by atoms with Crippen molar-refractivity contribution in [2.75, 3.05) is 38.5 Å². The smallest absolute Gasteiger partial charge is 0.242 e. The first-order chi connectivity index (χ1) is 13.9. The van der Waals surface area contributed by atoms with E-state index in [-0.39, 0.29) is 24.3 Å². The Labute approximate surface area is 175 Å². The topological polar surface area (TPSA) is 77.0 Å². The number of nitrogens with one attached hydrogen (secondary N) is 2. The molecule has 1 rings (SSSR count). The van der Waals surface area contributed by atoms with Gasteiger partial charge in [0.05, 0.1) is 13.1 Å². The van der Waals surface area contributed by atoms with Crippen molar-refractivity contribution in [1.29, 1.82) is 0 Å². The molecule has 1 aromatic carbocycles. The maximum absolute atomic E-state index is 12.4. The molecule has 0 heterocycles. The van der Waals surface area contributed by atoms with Gasteiger partial charge >= 0.3 is 0 Å². The van der Waals surface area contributed by atoms with Gasteiger partial charge in [-0.3, -0.25) is 9.59 Å². The van der Waals surface area contributed by atoms with Crippen molar-refractivity contribution >= 4 is 23.5 Å². The molecule has 29 heavy (non-hydrogen) atoms. The first kappa shape index (κ1) is 24.5. The number of carbonyl (C=O) groups excluding carboxylic acids is 2. The van der Waals surface area contributed by atoms with Crippen LogP contribution in [-0.2, 0) is 16.1 Å². The molecule has 7 nitrogen and oxygen atoms in total. The van der Waals surface area contributed by atoms with Crippen molar-refractivity contribution in [3.05, 3.63) is 29.8 Å². The lowest BCUT2D eigenvalue weighted by Gasteiger charge is -2.25. The fourth-order valence-electron chi connectivity index (χ4n) is 2.79. The van der Waals surface area contributed by atoms with Crippen LogP contribution in [0.25, 0.3) is 0 Å². The number of nitrogens with zero attached hydrogens (tertiary/aromatic N) is 3. The molecule has 2 N–H and O–H groups in total. The molecule has 1 aromatic rings. The summed E-state index contributed by atoms with van der Waals surface area (Å²) in [6.45, 7) is 12.7. The number of likely N-dealkylation sites (N-methyl/N-ethyl adjacent to an activating group) is 2. The van der Waals surface area contributed by atoms with E-state index in [0.29, 0.717) is 32.1 Å². The summed E-state index contributed by atoms with van der Waals surface area (Å²) >= 11 is 0. The number of rotatable bonds is 10. The van der Waals surface area contributed by atoms with Gasteiger partial charge in [0.2, 0.25) is 11.8 Å². The predicted octanol–water partition coefficient (Wildman–Crippen LogP) is 2.94. The number of guanidine groups is 1. The molecule has 0 aliphatic carbocycles. The molecular formula is C22H37N5O2. The highest BCUT2D eigenvalue weighted by atomic mass is 16.2. The van der Waals surface area contributed by atoms with E-state index >= 15 is 0 Å². The average Bonchev–Trinajstić information content (AvgIpc) is 2.71. The Morgan fingerprint density at radius 2 is 1.83 bits per heavy atom.